The summed E-state index contributed by atoms with van der Waals surface area (Å²) in [5, 5.41) is 7.80. The van der Waals surface area contributed by atoms with Crippen molar-refractivity contribution in [1.29, 1.82) is 0 Å². The summed E-state index contributed by atoms with van der Waals surface area (Å²) in [5.74, 6) is -1.90. The number of hydrogen-bond donors (Lipinski definition) is 2. The van der Waals surface area contributed by atoms with E-state index in [1.54, 1.807) is 0 Å². The molecular weight excluding hydrogens is 464 g/mol. The van der Waals surface area contributed by atoms with E-state index in [0.29, 0.717) is 21.4 Å². The van der Waals surface area contributed by atoms with E-state index in [2.05, 4.69) is 26.8 Å². The molecule has 0 unspecified atom stereocenters. The highest BCUT2D eigenvalue weighted by Gasteiger charge is 2.38. The van der Waals surface area contributed by atoms with Crippen molar-refractivity contribution in [3.8, 4) is 0 Å². The summed E-state index contributed by atoms with van der Waals surface area (Å²) in [6.45, 7) is 3.39. The number of benzene rings is 1. The van der Waals surface area contributed by atoms with Gasteiger partial charge in [0.15, 0.2) is 5.82 Å². The van der Waals surface area contributed by atoms with Crippen LogP contribution in [0, 0.1) is 0 Å². The molecule has 0 spiro atoms. The normalized spacial score (nSPS) is 15.7. The number of halogens is 6. The van der Waals surface area contributed by atoms with E-state index in [-0.39, 0.29) is 5.95 Å². The molecule has 0 atom stereocenters. The van der Waals surface area contributed by atoms with Gasteiger partial charge in [0.25, 0.3) is 0 Å². The Morgan fingerprint density at radius 2 is 1.69 bits per heavy atom. The van der Waals surface area contributed by atoms with Crippen LogP contribution >= 0.6 is 11.3 Å². The van der Waals surface area contributed by atoms with Gasteiger partial charge in [0.1, 0.15) is 0 Å². The maximum Gasteiger partial charge on any atom is 0.490 e. The average Bonchev–Trinajstić information content (AvgIpc) is 3.05. The first kappa shape index (κ1) is 23.8. The van der Waals surface area contributed by atoms with Crippen molar-refractivity contribution in [2.75, 3.05) is 43.9 Å². The highest BCUT2D eigenvalue weighted by atomic mass is 32.1. The van der Waals surface area contributed by atoms with E-state index in [1.165, 1.54) is 23.5 Å². The highest BCUT2D eigenvalue weighted by Crippen LogP contribution is 2.41. The summed E-state index contributed by atoms with van der Waals surface area (Å²) >= 11 is 1.29. The summed E-state index contributed by atoms with van der Waals surface area (Å²) in [7, 11) is 2.05. The number of rotatable bonds is 1. The van der Waals surface area contributed by atoms with Crippen molar-refractivity contribution < 1.29 is 36.2 Å². The smallest absolute Gasteiger partial charge is 0.475 e. The standard InChI is InChI=1S/C16H16F3N5S.C2HF3O2/c1-23-4-6-24(7-5-23)14-13-12(21-15(20)22-14)10-3-2-9(16(17,18)19)8-11(10)25-13;3-2(4,5)1(6)7/h2-3,8H,4-7H2,1H3,(H2,20,21,22);(H,6,7). The van der Waals surface area contributed by atoms with Crippen molar-refractivity contribution in [2.24, 2.45) is 0 Å². The summed E-state index contributed by atoms with van der Waals surface area (Å²) in [5.41, 5.74) is 5.84. The maximum absolute atomic E-state index is 13.0. The van der Waals surface area contributed by atoms with Gasteiger partial charge in [-0.25, -0.2) is 9.78 Å². The first-order valence-corrected chi connectivity index (χ1v) is 9.89. The molecule has 1 fully saturated rings. The number of likely N-dealkylation sites (N-methyl/N-ethyl adjacent to an activating group) is 1. The number of carbonyl (C=O) groups is 1. The number of nitrogen functional groups attached to an aromatic ring is 1. The summed E-state index contributed by atoms with van der Waals surface area (Å²) in [6, 6.07) is 3.73. The van der Waals surface area contributed by atoms with Crippen molar-refractivity contribution >= 4 is 49.4 Å². The molecule has 7 nitrogen and oxygen atoms in total. The quantitative estimate of drug-likeness (QED) is 0.510. The number of nitrogens with two attached hydrogens (primary N) is 1. The molecule has 2 aromatic heterocycles. The van der Waals surface area contributed by atoms with Gasteiger partial charge >= 0.3 is 18.3 Å². The van der Waals surface area contributed by atoms with Gasteiger partial charge in [-0.2, -0.15) is 31.3 Å². The van der Waals surface area contributed by atoms with Gasteiger partial charge in [-0.3, -0.25) is 0 Å². The third-order valence-corrected chi connectivity index (χ3v) is 5.82. The number of alkyl halides is 6. The second-order valence-electron chi connectivity index (χ2n) is 6.99. The van der Waals surface area contributed by atoms with Gasteiger partial charge in [-0.1, -0.05) is 6.07 Å². The van der Waals surface area contributed by atoms with E-state index in [0.717, 1.165) is 36.9 Å². The number of piperazine rings is 1. The summed E-state index contributed by atoms with van der Waals surface area (Å²) < 4.78 is 72.0. The molecule has 1 aromatic carbocycles. The lowest BCUT2D eigenvalue weighted by atomic mass is 10.1. The van der Waals surface area contributed by atoms with E-state index >= 15 is 0 Å². The third-order valence-electron chi connectivity index (χ3n) is 4.69. The van der Waals surface area contributed by atoms with Gasteiger partial charge < -0.3 is 20.6 Å². The zero-order chi connectivity index (χ0) is 23.8. The molecular formula is C18H17F6N5O2S. The Bertz CT molecular complexity index is 1140. The molecule has 3 aromatic rings. The number of hydrogen-bond acceptors (Lipinski definition) is 7. The molecule has 1 saturated heterocycles. The number of aliphatic carboxylic acids is 1. The first-order valence-electron chi connectivity index (χ1n) is 9.08. The topological polar surface area (TPSA) is 95.6 Å². The van der Waals surface area contributed by atoms with Crippen LogP contribution in [-0.2, 0) is 11.0 Å². The zero-order valence-corrected chi connectivity index (χ0v) is 17.3. The Morgan fingerprint density at radius 3 is 2.22 bits per heavy atom. The van der Waals surface area contributed by atoms with E-state index in [9.17, 15) is 26.3 Å². The molecule has 0 saturated carbocycles. The molecule has 0 aliphatic carbocycles. The maximum atomic E-state index is 13.0. The van der Waals surface area contributed by atoms with Crippen molar-refractivity contribution in [2.45, 2.75) is 12.4 Å². The number of nitrogens with zero attached hydrogens (tertiary/aromatic N) is 4. The molecule has 32 heavy (non-hydrogen) atoms. The van der Waals surface area contributed by atoms with Crippen LogP contribution in [0.15, 0.2) is 18.2 Å². The lowest BCUT2D eigenvalue weighted by molar-refractivity contribution is -0.192. The lowest BCUT2D eigenvalue weighted by Gasteiger charge is -2.33. The summed E-state index contributed by atoms with van der Waals surface area (Å²) in [6.07, 6.45) is -9.45. The van der Waals surface area contributed by atoms with E-state index in [4.69, 9.17) is 15.6 Å². The lowest BCUT2D eigenvalue weighted by Crippen LogP contribution is -2.44. The molecule has 0 bridgehead atoms. The molecule has 1 aliphatic heterocycles. The Balaban J connectivity index is 0.000000360. The van der Waals surface area contributed by atoms with Crippen LogP contribution in [0.5, 0.6) is 0 Å². The second-order valence-corrected chi connectivity index (χ2v) is 8.04. The molecule has 3 N–H and O–H groups in total. The van der Waals surface area contributed by atoms with E-state index in [1.807, 2.05) is 0 Å². The number of aromatic nitrogens is 2. The first-order chi connectivity index (χ1) is 14.8. The Labute approximate surface area is 181 Å². The van der Waals surface area contributed by atoms with Crippen LogP contribution in [0.4, 0.5) is 38.1 Å². The average molecular weight is 481 g/mol. The van der Waals surface area contributed by atoms with Crippen molar-refractivity contribution in [3.63, 3.8) is 0 Å². The minimum absolute atomic E-state index is 0.140. The third kappa shape index (κ3) is 5.12. The van der Waals surface area contributed by atoms with Crippen LogP contribution in [0.2, 0.25) is 0 Å². The highest BCUT2D eigenvalue weighted by molar-refractivity contribution is 7.26. The fourth-order valence-electron chi connectivity index (χ4n) is 3.05. The van der Waals surface area contributed by atoms with Crippen molar-refractivity contribution in [3.05, 3.63) is 23.8 Å². The monoisotopic (exact) mass is 481 g/mol. The SMILES string of the molecule is CN1CCN(c2nc(N)nc3c2sc2cc(C(F)(F)F)ccc23)CC1.O=C(O)C(F)(F)F. The molecule has 14 heteroatoms. The van der Waals surface area contributed by atoms with Crippen molar-refractivity contribution in [1.82, 2.24) is 14.9 Å². The molecule has 174 valence electrons. The Kier molecular flexibility index (Phi) is 6.38. The van der Waals surface area contributed by atoms with E-state index < -0.39 is 23.9 Å². The second kappa shape index (κ2) is 8.58. The van der Waals surface area contributed by atoms with Gasteiger partial charge in [-0.15, -0.1) is 11.3 Å². The fourth-order valence-corrected chi connectivity index (χ4v) is 4.25. The Hall–Kier alpha value is -2.87. The number of anilines is 2. The molecule has 4 rings (SSSR count). The minimum Gasteiger partial charge on any atom is -0.475 e. The van der Waals surface area contributed by atoms with Crippen LogP contribution < -0.4 is 10.6 Å². The molecule has 0 amide bonds. The number of carboxylic acids is 1. The number of thiophene rings is 1. The predicted octanol–water partition coefficient (Wildman–Crippen LogP) is 3.83. The van der Waals surface area contributed by atoms with Crippen LogP contribution in [0.25, 0.3) is 20.3 Å². The van der Waals surface area contributed by atoms with Crippen LogP contribution in [0.3, 0.4) is 0 Å². The summed E-state index contributed by atoms with van der Waals surface area (Å²) in [4.78, 5) is 21.9. The van der Waals surface area contributed by atoms with Gasteiger partial charge in [-0.05, 0) is 19.2 Å². The fraction of sp³-hybridized carbons (Fsp3) is 0.389. The number of carboxylic acid groups (broad SMARTS) is 1. The van der Waals surface area contributed by atoms with Gasteiger partial charge in [0.05, 0.1) is 15.8 Å². The van der Waals surface area contributed by atoms with Gasteiger partial charge in [0.2, 0.25) is 5.95 Å². The molecule has 1 aliphatic rings. The Morgan fingerprint density at radius 1 is 1.09 bits per heavy atom. The van der Waals surface area contributed by atoms with Gasteiger partial charge in [0, 0.05) is 36.3 Å². The molecule has 0 radical (unpaired) electrons. The molecule has 3 heterocycles. The minimum atomic E-state index is -5.08. The largest absolute Gasteiger partial charge is 0.490 e. The zero-order valence-electron chi connectivity index (χ0n) is 16.5. The van der Waals surface area contributed by atoms with Crippen LogP contribution in [0.1, 0.15) is 5.56 Å². The number of fused-ring (bicyclic) bond motifs is 3. The predicted molar refractivity (Wildman–Crippen MR) is 108 cm³/mol. The van der Waals surface area contributed by atoms with Crippen LogP contribution in [-0.4, -0.2) is 65.3 Å².